The van der Waals surface area contributed by atoms with Crippen LogP contribution >= 0.6 is 11.6 Å². The van der Waals surface area contributed by atoms with Gasteiger partial charge in [0.1, 0.15) is 11.6 Å². The van der Waals surface area contributed by atoms with Crippen molar-refractivity contribution < 1.29 is 0 Å². The molecule has 3 heterocycles. The zero-order valence-electron chi connectivity index (χ0n) is 17.9. The lowest BCUT2D eigenvalue weighted by atomic mass is 10.0. The Kier molecular flexibility index (Phi) is 5.86. The van der Waals surface area contributed by atoms with Gasteiger partial charge in [0.25, 0.3) is 0 Å². The molecule has 30 heavy (non-hydrogen) atoms. The summed E-state index contributed by atoms with van der Waals surface area (Å²) in [5.74, 6) is 3.16. The molecule has 1 aliphatic heterocycles. The standard InChI is InChI=1S/C23H29ClN6/c1-16(2)14-18-7-8-21-20(15-18)27-23(28(21)4)26-17(3)29-10-12-30(13-11-29)22-19(24)6-5-9-25-22/h5-9,15-16H,3,10-14H2,1-2,4H3,(H,26,27). The second-order valence-corrected chi connectivity index (χ2v) is 8.68. The van der Waals surface area contributed by atoms with Crippen LogP contribution in [0.15, 0.2) is 48.9 Å². The SMILES string of the molecule is C=C(Nc1nc2cc(CC(C)C)ccc2n1C)N1CCN(c2ncccc2Cl)CC1. The first-order valence-corrected chi connectivity index (χ1v) is 10.8. The Hall–Kier alpha value is -2.73. The van der Waals surface area contributed by atoms with Gasteiger partial charge >= 0.3 is 0 Å². The molecule has 0 aliphatic carbocycles. The first-order valence-electron chi connectivity index (χ1n) is 10.4. The molecule has 0 unspecified atom stereocenters. The van der Waals surface area contributed by atoms with Gasteiger partial charge in [-0.05, 0) is 42.2 Å². The summed E-state index contributed by atoms with van der Waals surface area (Å²) >= 11 is 6.30. The van der Waals surface area contributed by atoms with Crippen LogP contribution in [0.1, 0.15) is 19.4 Å². The van der Waals surface area contributed by atoms with Crippen LogP contribution in [0, 0.1) is 5.92 Å². The number of anilines is 2. The van der Waals surface area contributed by atoms with E-state index in [4.69, 9.17) is 16.6 Å². The summed E-state index contributed by atoms with van der Waals surface area (Å²) in [5, 5.41) is 4.11. The van der Waals surface area contributed by atoms with Gasteiger partial charge in [-0.1, -0.05) is 38.1 Å². The zero-order valence-corrected chi connectivity index (χ0v) is 18.7. The predicted octanol–water partition coefficient (Wildman–Crippen LogP) is 4.53. The quantitative estimate of drug-likeness (QED) is 0.630. The highest BCUT2D eigenvalue weighted by Gasteiger charge is 2.21. The van der Waals surface area contributed by atoms with Gasteiger partial charge in [-0.2, -0.15) is 0 Å². The minimum atomic E-state index is 0.628. The zero-order chi connectivity index (χ0) is 21.3. The Morgan fingerprint density at radius 1 is 1.20 bits per heavy atom. The van der Waals surface area contributed by atoms with E-state index in [2.05, 4.69) is 63.3 Å². The minimum Gasteiger partial charge on any atom is -0.355 e. The van der Waals surface area contributed by atoms with E-state index >= 15 is 0 Å². The highest BCUT2D eigenvalue weighted by Crippen LogP contribution is 2.25. The summed E-state index contributed by atoms with van der Waals surface area (Å²) in [7, 11) is 2.04. The van der Waals surface area contributed by atoms with Gasteiger partial charge in [0.05, 0.1) is 16.1 Å². The van der Waals surface area contributed by atoms with E-state index in [1.807, 2.05) is 19.2 Å². The molecule has 0 spiro atoms. The number of pyridine rings is 1. The van der Waals surface area contributed by atoms with Crippen molar-refractivity contribution in [3.8, 4) is 0 Å². The number of nitrogens with one attached hydrogen (secondary N) is 1. The molecular formula is C23H29ClN6. The summed E-state index contributed by atoms with van der Waals surface area (Å²) in [6.45, 7) is 12.1. The second-order valence-electron chi connectivity index (χ2n) is 8.27. The fourth-order valence-corrected chi connectivity index (χ4v) is 4.20. The van der Waals surface area contributed by atoms with E-state index in [9.17, 15) is 0 Å². The Balaban J connectivity index is 1.42. The monoisotopic (exact) mass is 424 g/mol. The van der Waals surface area contributed by atoms with Gasteiger partial charge in [-0.3, -0.25) is 0 Å². The van der Waals surface area contributed by atoms with Crippen molar-refractivity contribution in [2.75, 3.05) is 36.4 Å². The Morgan fingerprint density at radius 2 is 1.97 bits per heavy atom. The van der Waals surface area contributed by atoms with Crippen LogP contribution in [0.4, 0.5) is 11.8 Å². The average Bonchev–Trinajstić information content (AvgIpc) is 3.03. The van der Waals surface area contributed by atoms with Gasteiger partial charge in [0, 0.05) is 39.4 Å². The number of aryl methyl sites for hydroxylation is 1. The van der Waals surface area contributed by atoms with Crippen LogP contribution in [0.2, 0.25) is 5.02 Å². The Bertz CT molecular complexity index is 1050. The van der Waals surface area contributed by atoms with Crippen LogP contribution in [0.25, 0.3) is 11.0 Å². The third-order valence-electron chi connectivity index (χ3n) is 5.55. The van der Waals surface area contributed by atoms with Crippen LogP contribution in [0.3, 0.4) is 0 Å². The first kappa shape index (κ1) is 20.5. The van der Waals surface area contributed by atoms with Gasteiger partial charge < -0.3 is 19.7 Å². The van der Waals surface area contributed by atoms with Crippen molar-refractivity contribution in [2.45, 2.75) is 20.3 Å². The topological polar surface area (TPSA) is 49.2 Å². The smallest absolute Gasteiger partial charge is 0.209 e. The number of benzene rings is 1. The molecule has 4 rings (SSSR count). The number of fused-ring (bicyclic) bond motifs is 1. The molecule has 1 saturated heterocycles. The molecule has 0 bridgehead atoms. The fraction of sp³-hybridized carbons (Fsp3) is 0.391. The van der Waals surface area contributed by atoms with Crippen LogP contribution in [0.5, 0.6) is 0 Å². The van der Waals surface area contributed by atoms with E-state index in [1.165, 1.54) is 5.56 Å². The molecule has 0 radical (unpaired) electrons. The molecule has 1 fully saturated rings. The predicted molar refractivity (Wildman–Crippen MR) is 125 cm³/mol. The largest absolute Gasteiger partial charge is 0.355 e. The van der Waals surface area contributed by atoms with E-state index in [0.29, 0.717) is 10.9 Å². The highest BCUT2D eigenvalue weighted by molar-refractivity contribution is 6.32. The summed E-state index contributed by atoms with van der Waals surface area (Å²) in [5.41, 5.74) is 3.46. The van der Waals surface area contributed by atoms with E-state index in [1.54, 1.807) is 6.20 Å². The fourth-order valence-electron chi connectivity index (χ4n) is 3.96. The maximum Gasteiger partial charge on any atom is 0.209 e. The number of piperazine rings is 1. The molecule has 0 atom stereocenters. The van der Waals surface area contributed by atoms with Crippen molar-refractivity contribution in [3.05, 3.63) is 59.5 Å². The van der Waals surface area contributed by atoms with Gasteiger partial charge in [0.2, 0.25) is 5.95 Å². The van der Waals surface area contributed by atoms with Crippen LogP contribution in [-0.4, -0.2) is 45.6 Å². The van der Waals surface area contributed by atoms with Crippen LogP contribution < -0.4 is 10.2 Å². The molecular weight excluding hydrogens is 396 g/mol. The lowest BCUT2D eigenvalue weighted by molar-refractivity contribution is 0.324. The Morgan fingerprint density at radius 3 is 2.67 bits per heavy atom. The highest BCUT2D eigenvalue weighted by atomic mass is 35.5. The number of rotatable bonds is 6. The molecule has 1 aromatic carbocycles. The number of halogens is 1. The molecule has 0 amide bonds. The Labute approximate surface area is 183 Å². The molecule has 6 nitrogen and oxygen atoms in total. The summed E-state index contributed by atoms with van der Waals surface area (Å²) < 4.78 is 2.09. The molecule has 3 aromatic rings. The molecule has 1 N–H and O–H groups in total. The number of aromatic nitrogens is 3. The number of hydrogen-bond acceptors (Lipinski definition) is 5. The first-order chi connectivity index (χ1) is 14.4. The van der Waals surface area contributed by atoms with Gasteiger partial charge in [-0.25, -0.2) is 9.97 Å². The molecule has 158 valence electrons. The average molecular weight is 425 g/mol. The lowest BCUT2D eigenvalue weighted by Crippen LogP contribution is -2.47. The maximum atomic E-state index is 6.30. The second kappa shape index (κ2) is 8.56. The van der Waals surface area contributed by atoms with E-state index in [-0.39, 0.29) is 0 Å². The van der Waals surface area contributed by atoms with Crippen LogP contribution in [-0.2, 0) is 13.5 Å². The third-order valence-corrected chi connectivity index (χ3v) is 5.84. The van der Waals surface area contributed by atoms with Crippen molar-refractivity contribution in [3.63, 3.8) is 0 Å². The number of hydrogen-bond donors (Lipinski definition) is 1. The lowest BCUT2D eigenvalue weighted by Gasteiger charge is -2.37. The molecule has 0 saturated carbocycles. The van der Waals surface area contributed by atoms with Crippen molar-refractivity contribution in [1.82, 2.24) is 19.4 Å². The number of nitrogens with zero attached hydrogens (tertiary/aromatic N) is 5. The summed E-state index contributed by atoms with van der Waals surface area (Å²) in [6, 6.07) is 10.3. The van der Waals surface area contributed by atoms with Gasteiger partial charge in [0.15, 0.2) is 0 Å². The molecule has 1 aliphatic rings. The number of imidazole rings is 1. The van der Waals surface area contributed by atoms with Gasteiger partial charge in [-0.15, -0.1) is 0 Å². The van der Waals surface area contributed by atoms with Crippen molar-refractivity contribution in [1.29, 1.82) is 0 Å². The normalized spacial score (nSPS) is 14.6. The maximum absolute atomic E-state index is 6.30. The molecule has 7 heteroatoms. The van der Waals surface area contributed by atoms with Crippen molar-refractivity contribution >= 4 is 34.4 Å². The van der Waals surface area contributed by atoms with E-state index in [0.717, 1.165) is 61.2 Å². The summed E-state index contributed by atoms with van der Waals surface area (Å²) in [6.07, 6.45) is 2.85. The minimum absolute atomic E-state index is 0.628. The molecule has 2 aromatic heterocycles. The van der Waals surface area contributed by atoms with E-state index < -0.39 is 0 Å². The summed E-state index contributed by atoms with van der Waals surface area (Å²) in [4.78, 5) is 13.7. The van der Waals surface area contributed by atoms with Crippen molar-refractivity contribution in [2.24, 2.45) is 13.0 Å². The third kappa shape index (κ3) is 4.24.